The van der Waals surface area contributed by atoms with Crippen molar-refractivity contribution < 1.29 is 14.0 Å². The molecule has 0 unspecified atom stereocenters. The fourth-order valence-corrected chi connectivity index (χ4v) is 2.20. The molecule has 2 rings (SSSR count). The Morgan fingerprint density at radius 1 is 1.17 bits per heavy atom. The van der Waals surface area contributed by atoms with Crippen LogP contribution in [0.5, 0.6) is 0 Å². The van der Waals surface area contributed by atoms with E-state index in [0.717, 1.165) is 0 Å². The average Bonchev–Trinajstić information content (AvgIpc) is 2.94. The van der Waals surface area contributed by atoms with Gasteiger partial charge in [0.05, 0.1) is 0 Å². The van der Waals surface area contributed by atoms with E-state index in [2.05, 4.69) is 31.9 Å². The van der Waals surface area contributed by atoms with Gasteiger partial charge in [0.15, 0.2) is 15.5 Å². The SMILES string of the molecule is CCC(=O)Nc1cccc(NC(=S)NC(=O)c2ccc(Br)o2)c1. The molecule has 0 spiro atoms. The monoisotopic (exact) mass is 395 g/mol. The minimum atomic E-state index is -0.455. The number of carbonyl (C=O) groups excluding carboxylic acids is 2. The molecule has 0 fully saturated rings. The van der Waals surface area contributed by atoms with Crippen LogP contribution in [0.15, 0.2) is 45.5 Å². The molecule has 1 aromatic heterocycles. The molecule has 0 saturated heterocycles. The highest BCUT2D eigenvalue weighted by Crippen LogP contribution is 2.16. The maximum absolute atomic E-state index is 11.9. The Morgan fingerprint density at radius 3 is 2.48 bits per heavy atom. The molecular weight excluding hydrogens is 382 g/mol. The molecule has 0 bridgehead atoms. The van der Waals surface area contributed by atoms with Crippen LogP contribution in [0.25, 0.3) is 0 Å². The highest BCUT2D eigenvalue weighted by atomic mass is 79.9. The summed E-state index contributed by atoms with van der Waals surface area (Å²) in [6, 6.07) is 10.2. The van der Waals surface area contributed by atoms with Crippen molar-refractivity contribution >= 4 is 56.4 Å². The van der Waals surface area contributed by atoms with Gasteiger partial charge in [0, 0.05) is 17.8 Å². The Hall–Kier alpha value is -2.19. The zero-order valence-corrected chi connectivity index (χ0v) is 14.6. The van der Waals surface area contributed by atoms with E-state index < -0.39 is 5.91 Å². The molecule has 0 radical (unpaired) electrons. The smallest absolute Gasteiger partial charge is 0.293 e. The van der Waals surface area contributed by atoms with E-state index in [4.69, 9.17) is 16.6 Å². The van der Waals surface area contributed by atoms with Gasteiger partial charge in [-0.25, -0.2) is 0 Å². The third-order valence-electron chi connectivity index (χ3n) is 2.75. The first kappa shape index (κ1) is 17.2. The number of anilines is 2. The van der Waals surface area contributed by atoms with Gasteiger partial charge < -0.3 is 15.1 Å². The lowest BCUT2D eigenvalue weighted by atomic mass is 10.2. The van der Waals surface area contributed by atoms with Gasteiger partial charge >= 0.3 is 0 Å². The highest BCUT2D eigenvalue weighted by molar-refractivity contribution is 9.10. The second-order valence-electron chi connectivity index (χ2n) is 4.49. The second kappa shape index (κ2) is 7.89. The van der Waals surface area contributed by atoms with Gasteiger partial charge in [0.25, 0.3) is 5.91 Å². The molecule has 2 amide bonds. The van der Waals surface area contributed by atoms with Gasteiger partial charge in [-0.2, -0.15) is 0 Å². The molecule has 6 nitrogen and oxygen atoms in total. The van der Waals surface area contributed by atoms with Crippen molar-refractivity contribution in [1.29, 1.82) is 0 Å². The predicted molar refractivity (Wildman–Crippen MR) is 95.5 cm³/mol. The summed E-state index contributed by atoms with van der Waals surface area (Å²) >= 11 is 8.21. The number of hydrogen-bond acceptors (Lipinski definition) is 4. The van der Waals surface area contributed by atoms with E-state index in [9.17, 15) is 9.59 Å². The summed E-state index contributed by atoms with van der Waals surface area (Å²) in [7, 11) is 0. The number of carbonyl (C=O) groups is 2. The Labute approximate surface area is 146 Å². The molecule has 0 atom stereocenters. The Bertz CT molecular complexity index is 745. The normalized spacial score (nSPS) is 10.0. The van der Waals surface area contributed by atoms with Gasteiger partial charge in [0.2, 0.25) is 5.91 Å². The molecule has 2 aromatic rings. The fraction of sp³-hybridized carbons (Fsp3) is 0.133. The third-order valence-corrected chi connectivity index (χ3v) is 3.38. The summed E-state index contributed by atoms with van der Waals surface area (Å²) in [6.07, 6.45) is 0.394. The van der Waals surface area contributed by atoms with Crippen LogP contribution in [0.3, 0.4) is 0 Å². The van der Waals surface area contributed by atoms with Crippen LogP contribution in [0.4, 0.5) is 11.4 Å². The van der Waals surface area contributed by atoms with Crippen molar-refractivity contribution in [3.05, 3.63) is 46.8 Å². The number of benzene rings is 1. The van der Waals surface area contributed by atoms with Crippen molar-refractivity contribution in [3.63, 3.8) is 0 Å². The number of thiocarbonyl (C=S) groups is 1. The minimum Gasteiger partial charge on any atom is -0.444 e. The zero-order valence-electron chi connectivity index (χ0n) is 12.2. The first-order chi connectivity index (χ1) is 11.0. The van der Waals surface area contributed by atoms with Gasteiger partial charge in [0.1, 0.15) is 0 Å². The molecule has 0 saturated carbocycles. The Morgan fingerprint density at radius 2 is 1.87 bits per heavy atom. The average molecular weight is 396 g/mol. The Balaban J connectivity index is 1.96. The molecule has 0 aliphatic carbocycles. The summed E-state index contributed by atoms with van der Waals surface area (Å²) in [5.74, 6) is -0.393. The van der Waals surface area contributed by atoms with E-state index in [0.29, 0.717) is 22.5 Å². The topological polar surface area (TPSA) is 83.4 Å². The van der Waals surface area contributed by atoms with Gasteiger partial charge in [-0.1, -0.05) is 13.0 Å². The molecule has 1 heterocycles. The number of halogens is 1. The summed E-state index contributed by atoms with van der Waals surface area (Å²) < 4.78 is 5.60. The van der Waals surface area contributed by atoms with Crippen LogP contribution in [0, 0.1) is 0 Å². The van der Waals surface area contributed by atoms with Crippen molar-refractivity contribution in [1.82, 2.24) is 5.32 Å². The summed E-state index contributed by atoms with van der Waals surface area (Å²) in [5.41, 5.74) is 1.29. The molecular formula is C15H14BrN3O3S. The maximum Gasteiger partial charge on any atom is 0.293 e. The van der Waals surface area contributed by atoms with Crippen molar-refractivity contribution in [2.45, 2.75) is 13.3 Å². The van der Waals surface area contributed by atoms with E-state index in [1.807, 2.05) is 0 Å². The number of amides is 2. The predicted octanol–water partition coefficient (Wildman–Crippen LogP) is 3.52. The minimum absolute atomic E-state index is 0.0820. The van der Waals surface area contributed by atoms with Gasteiger partial charge in [-0.05, 0) is 58.5 Å². The molecule has 0 aliphatic heterocycles. The van der Waals surface area contributed by atoms with Crippen LogP contribution in [-0.2, 0) is 4.79 Å². The molecule has 8 heteroatoms. The maximum atomic E-state index is 11.9. The summed E-state index contributed by atoms with van der Waals surface area (Å²) in [5, 5.41) is 8.26. The van der Waals surface area contributed by atoms with Crippen LogP contribution >= 0.6 is 28.1 Å². The fourth-order valence-electron chi connectivity index (χ4n) is 1.69. The largest absolute Gasteiger partial charge is 0.444 e. The molecule has 3 N–H and O–H groups in total. The third kappa shape index (κ3) is 5.19. The standard InChI is InChI=1S/C15H14BrN3O3S/c1-2-13(20)17-9-4-3-5-10(8-9)18-15(23)19-14(21)11-6-7-12(16)22-11/h3-8H,2H2,1H3,(H,17,20)(H2,18,19,21,23). The number of rotatable bonds is 4. The summed E-state index contributed by atoms with van der Waals surface area (Å²) in [4.78, 5) is 23.3. The molecule has 1 aromatic carbocycles. The van der Waals surface area contributed by atoms with Crippen LogP contribution in [0.1, 0.15) is 23.9 Å². The van der Waals surface area contributed by atoms with Crippen molar-refractivity contribution in [2.75, 3.05) is 10.6 Å². The Kier molecular flexibility index (Phi) is 5.89. The lowest BCUT2D eigenvalue weighted by Crippen LogP contribution is -2.33. The van der Waals surface area contributed by atoms with E-state index in [-0.39, 0.29) is 16.8 Å². The van der Waals surface area contributed by atoms with Crippen LogP contribution in [-0.4, -0.2) is 16.9 Å². The number of nitrogens with one attached hydrogen (secondary N) is 3. The lowest BCUT2D eigenvalue weighted by Gasteiger charge is -2.10. The molecule has 0 aliphatic rings. The van der Waals surface area contributed by atoms with E-state index in [1.165, 1.54) is 6.07 Å². The van der Waals surface area contributed by atoms with E-state index in [1.54, 1.807) is 37.3 Å². The summed E-state index contributed by atoms with van der Waals surface area (Å²) in [6.45, 7) is 1.77. The van der Waals surface area contributed by atoms with Crippen molar-refractivity contribution in [2.24, 2.45) is 0 Å². The number of furan rings is 1. The molecule has 23 heavy (non-hydrogen) atoms. The quantitative estimate of drug-likeness (QED) is 0.689. The number of hydrogen-bond donors (Lipinski definition) is 3. The second-order valence-corrected chi connectivity index (χ2v) is 5.68. The first-order valence-corrected chi connectivity index (χ1v) is 7.95. The lowest BCUT2D eigenvalue weighted by molar-refractivity contribution is -0.115. The van der Waals surface area contributed by atoms with Gasteiger partial charge in [-0.15, -0.1) is 0 Å². The van der Waals surface area contributed by atoms with Crippen LogP contribution in [0.2, 0.25) is 0 Å². The van der Waals surface area contributed by atoms with Crippen LogP contribution < -0.4 is 16.0 Å². The highest BCUT2D eigenvalue weighted by Gasteiger charge is 2.12. The zero-order chi connectivity index (χ0) is 16.8. The van der Waals surface area contributed by atoms with Crippen molar-refractivity contribution in [3.8, 4) is 0 Å². The van der Waals surface area contributed by atoms with E-state index >= 15 is 0 Å². The molecule has 120 valence electrons. The first-order valence-electron chi connectivity index (χ1n) is 6.75. The van der Waals surface area contributed by atoms with Gasteiger partial charge in [-0.3, -0.25) is 14.9 Å².